The summed E-state index contributed by atoms with van der Waals surface area (Å²) < 4.78 is 5.44. The normalized spacial score (nSPS) is 13.8. The molecule has 12 heteroatoms. The van der Waals surface area contributed by atoms with Gasteiger partial charge >= 0.3 is 6.09 Å². The van der Waals surface area contributed by atoms with Crippen molar-refractivity contribution in [2.75, 3.05) is 31.1 Å². The minimum atomic E-state index is -0.581. The molecule has 1 fully saturated rings. The summed E-state index contributed by atoms with van der Waals surface area (Å²) >= 11 is 0. The number of ether oxygens (including phenoxy) is 1. The highest BCUT2D eigenvalue weighted by atomic mass is 16.6. The summed E-state index contributed by atoms with van der Waals surface area (Å²) in [6.45, 7) is 7.73. The lowest BCUT2D eigenvalue weighted by atomic mass is 10.2. The molecule has 4 heterocycles. The van der Waals surface area contributed by atoms with E-state index in [0.29, 0.717) is 48.6 Å². The molecule has 2 N–H and O–H groups in total. The van der Waals surface area contributed by atoms with Crippen LogP contribution in [0.3, 0.4) is 0 Å². The molecule has 3 aromatic heterocycles. The third-order valence-corrected chi connectivity index (χ3v) is 5.43. The van der Waals surface area contributed by atoms with Crippen molar-refractivity contribution < 1.29 is 19.4 Å². The van der Waals surface area contributed by atoms with Crippen molar-refractivity contribution in [2.45, 2.75) is 32.9 Å². The van der Waals surface area contributed by atoms with E-state index in [0.717, 1.165) is 0 Å². The summed E-state index contributed by atoms with van der Waals surface area (Å²) in [5.74, 6) is -0.170. The van der Waals surface area contributed by atoms with Crippen LogP contribution in [-0.4, -0.2) is 73.7 Å². The molecule has 0 atom stereocenters. The zero-order valence-corrected chi connectivity index (χ0v) is 20.2. The van der Waals surface area contributed by atoms with Crippen LogP contribution in [-0.2, 0) is 11.3 Å². The molecule has 1 aliphatic heterocycles. The highest BCUT2D eigenvalue weighted by Gasteiger charge is 2.26. The Morgan fingerprint density at radius 2 is 1.86 bits per heavy atom. The number of aromatic hydroxyl groups is 1. The van der Waals surface area contributed by atoms with Crippen LogP contribution in [0.5, 0.6) is 5.75 Å². The van der Waals surface area contributed by atoms with Gasteiger partial charge in [0.1, 0.15) is 17.5 Å². The topological polar surface area (TPSA) is 157 Å². The number of rotatable bonds is 4. The maximum absolute atomic E-state index is 12.6. The number of carbonyl (C=O) groups is 2. The van der Waals surface area contributed by atoms with Crippen molar-refractivity contribution in [1.29, 1.82) is 5.26 Å². The van der Waals surface area contributed by atoms with Crippen molar-refractivity contribution in [1.82, 2.24) is 30.2 Å². The molecule has 0 aliphatic carbocycles. The van der Waals surface area contributed by atoms with Gasteiger partial charge < -0.3 is 25.0 Å². The van der Waals surface area contributed by atoms with Gasteiger partial charge in [-0.3, -0.25) is 9.78 Å². The van der Waals surface area contributed by atoms with Gasteiger partial charge in [0.2, 0.25) is 0 Å². The average Bonchev–Trinajstić information content (AvgIpc) is 2.86. The van der Waals surface area contributed by atoms with Crippen LogP contribution in [0.25, 0.3) is 10.9 Å². The van der Waals surface area contributed by atoms with Crippen molar-refractivity contribution >= 4 is 28.7 Å². The first kappa shape index (κ1) is 24.6. The lowest BCUT2D eigenvalue weighted by molar-refractivity contribution is 0.0240. The second kappa shape index (κ2) is 9.99. The number of anilines is 1. The van der Waals surface area contributed by atoms with Crippen LogP contribution >= 0.6 is 0 Å². The van der Waals surface area contributed by atoms with E-state index in [1.54, 1.807) is 17.0 Å². The van der Waals surface area contributed by atoms with Crippen molar-refractivity contribution in [3.63, 3.8) is 0 Å². The Morgan fingerprint density at radius 3 is 2.50 bits per heavy atom. The van der Waals surface area contributed by atoms with E-state index in [4.69, 9.17) is 10.00 Å². The van der Waals surface area contributed by atoms with Crippen LogP contribution < -0.4 is 10.2 Å². The van der Waals surface area contributed by atoms with Crippen molar-refractivity contribution in [3.05, 3.63) is 47.8 Å². The van der Waals surface area contributed by atoms with Gasteiger partial charge in [-0.15, -0.1) is 0 Å². The summed E-state index contributed by atoms with van der Waals surface area (Å²) in [6, 6.07) is 5.33. The Hall–Kier alpha value is -4.53. The number of nitrogens with zero attached hydrogens (tertiary/aromatic N) is 7. The fraction of sp³-hybridized carbons (Fsp3) is 0.375. The maximum Gasteiger partial charge on any atom is 0.410 e. The first-order valence-corrected chi connectivity index (χ1v) is 11.4. The van der Waals surface area contributed by atoms with Crippen LogP contribution in [0.1, 0.15) is 42.6 Å². The van der Waals surface area contributed by atoms with Gasteiger partial charge in [0.05, 0.1) is 36.3 Å². The molecule has 0 unspecified atom stereocenters. The highest BCUT2D eigenvalue weighted by molar-refractivity contribution is 6.00. The van der Waals surface area contributed by atoms with E-state index in [1.807, 2.05) is 31.7 Å². The number of pyridine rings is 2. The standard InChI is InChI=1S/C24H26N8O4/c1-24(2,3)36-23(35)32-8-6-31(7-9-32)19-5-4-17-18(30-19)14-28-20(21(17)33)22(34)29-13-16-12-26-15(10-25)11-27-16/h4-5,11-12,14,33H,6-9,13H2,1-3H3,(H,29,34). The van der Waals surface area contributed by atoms with E-state index >= 15 is 0 Å². The minimum absolute atomic E-state index is 0.0587. The smallest absolute Gasteiger partial charge is 0.410 e. The number of piperazine rings is 1. The third-order valence-electron chi connectivity index (χ3n) is 5.43. The number of amides is 2. The molecule has 0 bridgehead atoms. The SMILES string of the molecule is CC(C)(C)OC(=O)N1CCN(c2ccc3c(O)c(C(=O)NCc4cnc(C#N)cn4)ncc3n2)CC1. The highest BCUT2D eigenvalue weighted by Crippen LogP contribution is 2.28. The van der Waals surface area contributed by atoms with Crippen molar-refractivity contribution in [2.24, 2.45) is 0 Å². The Bertz CT molecular complexity index is 1320. The van der Waals surface area contributed by atoms with E-state index in [9.17, 15) is 14.7 Å². The zero-order chi connectivity index (χ0) is 25.9. The molecule has 1 aliphatic rings. The Kier molecular flexibility index (Phi) is 6.82. The molecule has 0 saturated carbocycles. The number of hydrogen-bond acceptors (Lipinski definition) is 10. The third kappa shape index (κ3) is 5.57. The largest absolute Gasteiger partial charge is 0.505 e. The Morgan fingerprint density at radius 1 is 1.11 bits per heavy atom. The van der Waals surface area contributed by atoms with Crippen LogP contribution in [0.4, 0.5) is 10.6 Å². The van der Waals surface area contributed by atoms with Gasteiger partial charge in [-0.05, 0) is 32.9 Å². The van der Waals surface area contributed by atoms with E-state index in [1.165, 1.54) is 18.6 Å². The second-order valence-corrected chi connectivity index (χ2v) is 9.20. The molecule has 3 aromatic rings. The molecular formula is C24H26N8O4. The molecule has 1 saturated heterocycles. The van der Waals surface area contributed by atoms with Gasteiger partial charge in [-0.2, -0.15) is 5.26 Å². The average molecular weight is 491 g/mol. The van der Waals surface area contributed by atoms with Crippen LogP contribution in [0.15, 0.2) is 30.7 Å². The van der Waals surface area contributed by atoms with Crippen LogP contribution in [0, 0.1) is 11.3 Å². The number of carbonyl (C=O) groups excluding carboxylic acids is 2. The fourth-order valence-corrected chi connectivity index (χ4v) is 3.62. The minimum Gasteiger partial charge on any atom is -0.505 e. The Labute approximate surface area is 207 Å². The first-order valence-electron chi connectivity index (χ1n) is 11.4. The summed E-state index contributed by atoms with van der Waals surface area (Å²) in [6.07, 6.45) is 3.81. The van der Waals surface area contributed by atoms with Gasteiger partial charge in [0, 0.05) is 31.6 Å². The number of hydrogen-bond donors (Lipinski definition) is 2. The predicted molar refractivity (Wildman–Crippen MR) is 129 cm³/mol. The molecule has 186 valence electrons. The van der Waals surface area contributed by atoms with Gasteiger partial charge in [0.25, 0.3) is 5.91 Å². The van der Waals surface area contributed by atoms with Gasteiger partial charge in [-0.1, -0.05) is 0 Å². The molecule has 0 aromatic carbocycles. The second-order valence-electron chi connectivity index (χ2n) is 9.20. The quantitative estimate of drug-likeness (QED) is 0.554. The first-order chi connectivity index (χ1) is 17.1. The van der Waals surface area contributed by atoms with E-state index in [2.05, 4.69) is 25.3 Å². The zero-order valence-electron chi connectivity index (χ0n) is 20.2. The van der Waals surface area contributed by atoms with Crippen molar-refractivity contribution in [3.8, 4) is 11.8 Å². The number of nitriles is 1. The molecule has 0 radical (unpaired) electrons. The monoisotopic (exact) mass is 490 g/mol. The van der Waals surface area contributed by atoms with E-state index in [-0.39, 0.29) is 29.8 Å². The molecule has 2 amide bonds. The Balaban J connectivity index is 1.41. The summed E-state index contributed by atoms with van der Waals surface area (Å²) in [5, 5.41) is 22.5. The van der Waals surface area contributed by atoms with Crippen LogP contribution in [0.2, 0.25) is 0 Å². The van der Waals surface area contributed by atoms with Gasteiger partial charge in [0.15, 0.2) is 17.1 Å². The molecule has 0 spiro atoms. The maximum atomic E-state index is 12.6. The lowest BCUT2D eigenvalue weighted by Gasteiger charge is -2.36. The molecular weight excluding hydrogens is 464 g/mol. The number of fused-ring (bicyclic) bond motifs is 1. The molecule has 4 rings (SSSR count). The number of aromatic nitrogens is 4. The summed E-state index contributed by atoms with van der Waals surface area (Å²) in [4.78, 5) is 45.2. The number of nitrogens with one attached hydrogen (secondary N) is 1. The predicted octanol–water partition coefficient (Wildman–Crippen LogP) is 1.98. The molecule has 36 heavy (non-hydrogen) atoms. The summed E-state index contributed by atoms with van der Waals surface area (Å²) in [5.41, 5.74) is 0.395. The van der Waals surface area contributed by atoms with Gasteiger partial charge in [-0.25, -0.2) is 19.7 Å². The lowest BCUT2D eigenvalue weighted by Crippen LogP contribution is -2.50. The van der Waals surface area contributed by atoms with E-state index < -0.39 is 11.5 Å². The fourth-order valence-electron chi connectivity index (χ4n) is 3.62. The molecule has 12 nitrogen and oxygen atoms in total. The summed E-state index contributed by atoms with van der Waals surface area (Å²) in [7, 11) is 0.